The van der Waals surface area contributed by atoms with Crippen LogP contribution in [0.25, 0.3) is 0 Å². The number of anilines is 2. The summed E-state index contributed by atoms with van der Waals surface area (Å²) in [6.07, 6.45) is 0.623. The van der Waals surface area contributed by atoms with Gasteiger partial charge in [-0.1, -0.05) is 0 Å². The summed E-state index contributed by atoms with van der Waals surface area (Å²) in [6, 6.07) is 14.0. The van der Waals surface area contributed by atoms with Gasteiger partial charge in [-0.05, 0) is 55.0 Å². The Morgan fingerprint density at radius 3 is 2.24 bits per heavy atom. The lowest BCUT2D eigenvalue weighted by Crippen LogP contribution is -2.20. The molecule has 1 amide bonds. The van der Waals surface area contributed by atoms with Gasteiger partial charge < -0.3 is 15.4 Å². The molecule has 1 fully saturated rings. The van der Waals surface area contributed by atoms with Crippen LogP contribution in [0, 0.1) is 0 Å². The number of ether oxygens (including phenoxy) is 1. The molecular formula is C18H20N2O4S. The van der Waals surface area contributed by atoms with Crippen molar-refractivity contribution in [2.75, 3.05) is 29.2 Å². The van der Waals surface area contributed by atoms with Crippen molar-refractivity contribution in [2.24, 2.45) is 0 Å². The minimum atomic E-state index is -2.90. The van der Waals surface area contributed by atoms with E-state index >= 15 is 0 Å². The van der Waals surface area contributed by atoms with Crippen LogP contribution in [0.3, 0.4) is 0 Å². The van der Waals surface area contributed by atoms with E-state index in [0.29, 0.717) is 23.4 Å². The van der Waals surface area contributed by atoms with E-state index in [-0.39, 0.29) is 23.5 Å². The Bertz CT molecular complexity index is 846. The smallest absolute Gasteiger partial charge is 0.255 e. The van der Waals surface area contributed by atoms with Crippen molar-refractivity contribution < 1.29 is 17.9 Å². The molecule has 2 aromatic rings. The average molecular weight is 360 g/mol. The monoisotopic (exact) mass is 360 g/mol. The van der Waals surface area contributed by atoms with Crippen LogP contribution in [0.1, 0.15) is 16.8 Å². The Balaban J connectivity index is 1.59. The van der Waals surface area contributed by atoms with Crippen molar-refractivity contribution in [3.05, 3.63) is 54.1 Å². The fourth-order valence-corrected chi connectivity index (χ4v) is 4.41. The van der Waals surface area contributed by atoms with Gasteiger partial charge in [0.1, 0.15) is 5.75 Å². The lowest BCUT2D eigenvalue weighted by molar-refractivity contribution is 0.102. The van der Waals surface area contributed by atoms with Gasteiger partial charge in [0.2, 0.25) is 0 Å². The number of benzene rings is 2. The molecule has 25 heavy (non-hydrogen) atoms. The number of rotatable bonds is 5. The lowest BCUT2D eigenvalue weighted by Gasteiger charge is -2.13. The van der Waals surface area contributed by atoms with Gasteiger partial charge in [-0.2, -0.15) is 0 Å². The first-order valence-electron chi connectivity index (χ1n) is 7.98. The molecule has 6 nitrogen and oxygen atoms in total. The molecular weight excluding hydrogens is 340 g/mol. The number of nitrogens with one attached hydrogen (secondary N) is 2. The van der Waals surface area contributed by atoms with Crippen LogP contribution in [0.4, 0.5) is 11.4 Å². The minimum absolute atomic E-state index is 0.0512. The van der Waals surface area contributed by atoms with Gasteiger partial charge in [-0.15, -0.1) is 0 Å². The van der Waals surface area contributed by atoms with Crippen molar-refractivity contribution in [3.63, 3.8) is 0 Å². The van der Waals surface area contributed by atoms with Crippen LogP contribution in [-0.2, 0) is 9.84 Å². The third-order valence-corrected chi connectivity index (χ3v) is 5.87. The molecule has 0 radical (unpaired) electrons. The average Bonchev–Trinajstić information content (AvgIpc) is 2.95. The van der Waals surface area contributed by atoms with Crippen LogP contribution in [-0.4, -0.2) is 39.0 Å². The van der Waals surface area contributed by atoms with Crippen molar-refractivity contribution >= 4 is 27.1 Å². The Hall–Kier alpha value is -2.54. The first-order chi connectivity index (χ1) is 11.9. The van der Waals surface area contributed by atoms with E-state index in [4.69, 9.17) is 4.74 Å². The third-order valence-electron chi connectivity index (χ3n) is 4.10. The van der Waals surface area contributed by atoms with Crippen molar-refractivity contribution in [1.82, 2.24) is 0 Å². The van der Waals surface area contributed by atoms with Gasteiger partial charge in [0, 0.05) is 23.0 Å². The number of hydrogen-bond donors (Lipinski definition) is 2. The lowest BCUT2D eigenvalue weighted by atomic mass is 10.2. The molecule has 3 rings (SSSR count). The summed E-state index contributed by atoms with van der Waals surface area (Å²) in [5, 5.41) is 6.04. The van der Waals surface area contributed by atoms with Crippen molar-refractivity contribution in [1.29, 1.82) is 0 Å². The number of carbonyl (C=O) groups is 1. The summed E-state index contributed by atoms with van der Waals surface area (Å²) in [6.45, 7) is 0. The maximum atomic E-state index is 12.2. The van der Waals surface area contributed by atoms with Crippen LogP contribution >= 0.6 is 0 Å². The van der Waals surface area contributed by atoms with Gasteiger partial charge >= 0.3 is 0 Å². The molecule has 1 saturated heterocycles. The zero-order valence-electron chi connectivity index (χ0n) is 13.9. The topological polar surface area (TPSA) is 84.5 Å². The van der Waals surface area contributed by atoms with Crippen molar-refractivity contribution in [3.8, 4) is 5.75 Å². The first-order valence-corrected chi connectivity index (χ1v) is 9.80. The van der Waals surface area contributed by atoms with E-state index in [0.717, 1.165) is 5.69 Å². The largest absolute Gasteiger partial charge is 0.497 e. The fraction of sp³-hybridized carbons (Fsp3) is 0.278. The number of methoxy groups -OCH3 is 1. The van der Waals surface area contributed by atoms with E-state index in [1.54, 1.807) is 43.5 Å². The highest BCUT2D eigenvalue weighted by Gasteiger charge is 2.27. The molecule has 7 heteroatoms. The number of carbonyl (C=O) groups excluding carboxylic acids is 1. The molecule has 1 heterocycles. The van der Waals surface area contributed by atoms with Crippen LogP contribution in [0.2, 0.25) is 0 Å². The molecule has 2 aromatic carbocycles. The molecule has 2 N–H and O–H groups in total. The summed E-state index contributed by atoms with van der Waals surface area (Å²) in [5.41, 5.74) is 2.05. The van der Waals surface area contributed by atoms with E-state index in [1.165, 1.54) is 0 Å². The Labute approximate surface area is 147 Å². The van der Waals surface area contributed by atoms with Gasteiger partial charge in [0.25, 0.3) is 5.91 Å². The minimum Gasteiger partial charge on any atom is -0.497 e. The number of amides is 1. The zero-order chi connectivity index (χ0) is 17.9. The summed E-state index contributed by atoms with van der Waals surface area (Å²) >= 11 is 0. The molecule has 1 unspecified atom stereocenters. The molecule has 132 valence electrons. The maximum Gasteiger partial charge on any atom is 0.255 e. The van der Waals surface area contributed by atoms with Crippen LogP contribution < -0.4 is 15.4 Å². The summed E-state index contributed by atoms with van der Waals surface area (Å²) in [7, 11) is -1.33. The number of hydrogen-bond acceptors (Lipinski definition) is 5. The normalized spacial score (nSPS) is 18.5. The van der Waals surface area contributed by atoms with E-state index < -0.39 is 9.84 Å². The zero-order valence-corrected chi connectivity index (χ0v) is 14.7. The summed E-state index contributed by atoms with van der Waals surface area (Å²) in [4.78, 5) is 12.2. The number of sulfone groups is 1. The second-order valence-corrected chi connectivity index (χ2v) is 8.23. The predicted octanol–water partition coefficient (Wildman–Crippen LogP) is 2.55. The van der Waals surface area contributed by atoms with E-state index in [1.807, 2.05) is 12.1 Å². The molecule has 1 atom stereocenters. The highest BCUT2D eigenvalue weighted by Crippen LogP contribution is 2.20. The SMILES string of the molecule is COc1ccc(C(=O)Nc2ccc(NC3CCS(=O)(=O)C3)cc2)cc1. The van der Waals surface area contributed by atoms with E-state index in [2.05, 4.69) is 10.6 Å². The summed E-state index contributed by atoms with van der Waals surface area (Å²) < 4.78 is 28.0. The Morgan fingerprint density at radius 1 is 1.04 bits per heavy atom. The maximum absolute atomic E-state index is 12.2. The fourth-order valence-electron chi connectivity index (χ4n) is 2.74. The van der Waals surface area contributed by atoms with Crippen LogP contribution in [0.15, 0.2) is 48.5 Å². The molecule has 0 spiro atoms. The highest BCUT2D eigenvalue weighted by atomic mass is 32.2. The Kier molecular flexibility index (Phi) is 4.94. The predicted molar refractivity (Wildman–Crippen MR) is 98.1 cm³/mol. The third kappa shape index (κ3) is 4.51. The molecule has 0 saturated carbocycles. The van der Waals surface area contributed by atoms with E-state index in [9.17, 15) is 13.2 Å². The molecule has 0 aliphatic carbocycles. The quantitative estimate of drug-likeness (QED) is 0.856. The standard InChI is InChI=1S/C18H20N2O4S/c1-24-17-8-2-13(3-9-17)18(21)20-15-6-4-14(5-7-15)19-16-10-11-25(22,23)12-16/h2-9,16,19H,10-12H2,1H3,(H,20,21). The molecule has 1 aliphatic heterocycles. The van der Waals surface area contributed by atoms with Gasteiger partial charge in [0.15, 0.2) is 9.84 Å². The molecule has 0 bridgehead atoms. The second-order valence-electron chi connectivity index (χ2n) is 6.00. The van der Waals surface area contributed by atoms with Gasteiger partial charge in [-0.25, -0.2) is 8.42 Å². The van der Waals surface area contributed by atoms with Gasteiger partial charge in [0.05, 0.1) is 18.6 Å². The molecule has 1 aliphatic rings. The highest BCUT2D eigenvalue weighted by molar-refractivity contribution is 7.91. The van der Waals surface area contributed by atoms with Crippen LogP contribution in [0.5, 0.6) is 5.75 Å². The Morgan fingerprint density at radius 2 is 1.68 bits per heavy atom. The second kappa shape index (κ2) is 7.14. The van der Waals surface area contributed by atoms with Crippen molar-refractivity contribution in [2.45, 2.75) is 12.5 Å². The first kappa shape index (κ1) is 17.3. The summed E-state index contributed by atoms with van der Waals surface area (Å²) in [5.74, 6) is 0.898. The van der Waals surface area contributed by atoms with Gasteiger partial charge in [-0.3, -0.25) is 4.79 Å². The molecule has 0 aromatic heterocycles.